The van der Waals surface area contributed by atoms with Crippen LogP contribution in [0, 0.1) is 0 Å². The number of hydrogen-bond donors (Lipinski definition) is 1. The molecule has 1 amide bonds. The number of benzene rings is 2. The standard InChI is InChI=1S/C24H31N3O7S2/c1-33-22-10-7-20(17-23(22)36(31,32)27-13-15-34-16-14-27)24(28)25-18-19-5-8-21(9-6-19)35(29,30)26-11-3-2-4-12-26/h5-10,17H,2-4,11-16,18H2,1H3,(H,25,28). The average molecular weight is 538 g/mol. The van der Waals surface area contributed by atoms with Gasteiger partial charge in [0, 0.05) is 38.3 Å². The molecule has 2 saturated heterocycles. The highest BCUT2D eigenvalue weighted by Crippen LogP contribution is 2.28. The molecule has 0 bridgehead atoms. The van der Waals surface area contributed by atoms with Gasteiger partial charge in [0.25, 0.3) is 5.91 Å². The Balaban J connectivity index is 1.45. The molecule has 36 heavy (non-hydrogen) atoms. The fourth-order valence-electron chi connectivity index (χ4n) is 4.26. The van der Waals surface area contributed by atoms with Crippen molar-refractivity contribution in [3.8, 4) is 5.75 Å². The van der Waals surface area contributed by atoms with Crippen LogP contribution in [0.4, 0.5) is 0 Å². The van der Waals surface area contributed by atoms with Crippen LogP contribution in [0.5, 0.6) is 5.75 Å². The Bertz CT molecular complexity index is 1280. The monoisotopic (exact) mass is 537 g/mol. The summed E-state index contributed by atoms with van der Waals surface area (Å²) in [5, 5.41) is 2.76. The highest BCUT2D eigenvalue weighted by molar-refractivity contribution is 7.89. The van der Waals surface area contributed by atoms with Gasteiger partial charge in [-0.1, -0.05) is 18.6 Å². The topological polar surface area (TPSA) is 122 Å². The van der Waals surface area contributed by atoms with Gasteiger partial charge < -0.3 is 14.8 Å². The second-order valence-corrected chi connectivity index (χ2v) is 12.5. The molecule has 2 fully saturated rings. The van der Waals surface area contributed by atoms with E-state index in [-0.39, 0.29) is 40.7 Å². The van der Waals surface area contributed by atoms with Crippen LogP contribution >= 0.6 is 0 Å². The Labute approximate surface area is 212 Å². The van der Waals surface area contributed by atoms with Crippen molar-refractivity contribution in [3.05, 3.63) is 53.6 Å². The van der Waals surface area contributed by atoms with Crippen LogP contribution in [0.1, 0.15) is 35.2 Å². The summed E-state index contributed by atoms with van der Waals surface area (Å²) in [6, 6.07) is 10.7. The van der Waals surface area contributed by atoms with Crippen molar-refractivity contribution in [1.82, 2.24) is 13.9 Å². The number of carbonyl (C=O) groups is 1. The summed E-state index contributed by atoms with van der Waals surface area (Å²) in [5.74, 6) is -0.301. The van der Waals surface area contributed by atoms with Crippen molar-refractivity contribution >= 4 is 26.0 Å². The van der Waals surface area contributed by atoms with E-state index in [2.05, 4.69) is 5.32 Å². The maximum atomic E-state index is 13.2. The molecule has 0 aliphatic carbocycles. The molecule has 2 heterocycles. The van der Waals surface area contributed by atoms with Crippen LogP contribution in [0.15, 0.2) is 52.3 Å². The molecule has 0 unspecified atom stereocenters. The number of ether oxygens (including phenoxy) is 2. The van der Waals surface area contributed by atoms with Gasteiger partial charge in [0.1, 0.15) is 10.6 Å². The predicted octanol–water partition coefficient (Wildman–Crippen LogP) is 1.82. The largest absolute Gasteiger partial charge is 0.495 e. The minimum absolute atomic E-state index is 0.0770. The molecule has 10 nitrogen and oxygen atoms in total. The molecular weight excluding hydrogens is 506 g/mol. The zero-order chi connectivity index (χ0) is 25.8. The number of hydrogen-bond acceptors (Lipinski definition) is 7. The maximum absolute atomic E-state index is 13.2. The summed E-state index contributed by atoms with van der Waals surface area (Å²) >= 11 is 0. The molecule has 1 N–H and O–H groups in total. The van der Waals surface area contributed by atoms with Gasteiger partial charge in [-0.3, -0.25) is 4.79 Å². The number of sulfonamides is 2. The first-order chi connectivity index (χ1) is 17.2. The van der Waals surface area contributed by atoms with E-state index in [0.29, 0.717) is 26.3 Å². The lowest BCUT2D eigenvalue weighted by Gasteiger charge is -2.26. The van der Waals surface area contributed by atoms with Gasteiger partial charge >= 0.3 is 0 Å². The van der Waals surface area contributed by atoms with Crippen LogP contribution in [-0.2, 0) is 31.3 Å². The van der Waals surface area contributed by atoms with Gasteiger partial charge in [0.2, 0.25) is 20.0 Å². The lowest BCUT2D eigenvalue weighted by Crippen LogP contribution is -2.40. The first-order valence-corrected chi connectivity index (χ1v) is 14.7. The lowest BCUT2D eigenvalue weighted by atomic mass is 10.2. The van der Waals surface area contributed by atoms with E-state index in [0.717, 1.165) is 24.8 Å². The minimum atomic E-state index is -3.87. The molecule has 4 rings (SSSR count). The van der Waals surface area contributed by atoms with Crippen LogP contribution in [0.3, 0.4) is 0 Å². The van der Waals surface area contributed by atoms with Gasteiger partial charge in [-0.25, -0.2) is 16.8 Å². The normalized spacial score (nSPS) is 18.0. The molecular formula is C24H31N3O7S2. The number of rotatable bonds is 8. The highest BCUT2D eigenvalue weighted by atomic mass is 32.2. The Kier molecular flexibility index (Phi) is 8.30. The Morgan fingerprint density at radius 1 is 0.889 bits per heavy atom. The summed E-state index contributed by atoms with van der Waals surface area (Å²) in [5.41, 5.74) is 0.891. The molecule has 0 aromatic heterocycles. The fraction of sp³-hybridized carbons (Fsp3) is 0.458. The Hall–Kier alpha value is -2.51. The van der Waals surface area contributed by atoms with Crippen LogP contribution in [0.25, 0.3) is 0 Å². The molecule has 12 heteroatoms. The summed E-state index contributed by atoms with van der Waals surface area (Å²) in [6.45, 7) is 2.29. The molecule has 2 aromatic carbocycles. The Morgan fingerprint density at radius 2 is 1.53 bits per heavy atom. The van der Waals surface area contributed by atoms with Crippen LogP contribution in [-0.4, -0.2) is 77.9 Å². The number of carbonyl (C=O) groups excluding carboxylic acids is 1. The van der Waals surface area contributed by atoms with E-state index >= 15 is 0 Å². The molecule has 196 valence electrons. The molecule has 2 aliphatic heterocycles. The number of morpholine rings is 1. The van der Waals surface area contributed by atoms with Gasteiger partial charge in [0.05, 0.1) is 25.2 Å². The molecule has 2 aliphatic rings. The first-order valence-electron chi connectivity index (χ1n) is 11.9. The zero-order valence-electron chi connectivity index (χ0n) is 20.2. The lowest BCUT2D eigenvalue weighted by molar-refractivity contribution is 0.0729. The van der Waals surface area contributed by atoms with Crippen LogP contribution < -0.4 is 10.1 Å². The van der Waals surface area contributed by atoms with E-state index in [4.69, 9.17) is 9.47 Å². The third-order valence-corrected chi connectivity index (χ3v) is 10.2. The summed E-state index contributed by atoms with van der Waals surface area (Å²) in [7, 11) is -6.01. The molecule has 0 saturated carbocycles. The van der Waals surface area contributed by atoms with E-state index in [1.165, 1.54) is 33.9 Å². The molecule has 2 aromatic rings. The second-order valence-electron chi connectivity index (χ2n) is 8.67. The quantitative estimate of drug-likeness (QED) is 0.545. The highest BCUT2D eigenvalue weighted by Gasteiger charge is 2.30. The predicted molar refractivity (Wildman–Crippen MR) is 133 cm³/mol. The summed E-state index contributed by atoms with van der Waals surface area (Å²) in [6.07, 6.45) is 2.77. The van der Waals surface area contributed by atoms with Gasteiger partial charge in [0.15, 0.2) is 0 Å². The third kappa shape index (κ3) is 5.73. The van der Waals surface area contributed by atoms with Crippen molar-refractivity contribution in [1.29, 1.82) is 0 Å². The Morgan fingerprint density at radius 3 is 2.17 bits per heavy atom. The van der Waals surface area contributed by atoms with Gasteiger partial charge in [-0.15, -0.1) is 0 Å². The van der Waals surface area contributed by atoms with Crippen LogP contribution in [0.2, 0.25) is 0 Å². The zero-order valence-corrected chi connectivity index (χ0v) is 21.8. The number of nitrogens with zero attached hydrogens (tertiary/aromatic N) is 2. The number of amides is 1. The average Bonchev–Trinajstić information content (AvgIpc) is 2.92. The van der Waals surface area contributed by atoms with E-state index < -0.39 is 26.0 Å². The number of nitrogens with one attached hydrogen (secondary N) is 1. The number of piperidine rings is 1. The smallest absolute Gasteiger partial charge is 0.251 e. The second kappa shape index (κ2) is 11.3. The van der Waals surface area contributed by atoms with Crippen molar-refractivity contribution in [2.24, 2.45) is 0 Å². The number of methoxy groups -OCH3 is 1. The molecule has 0 atom stereocenters. The van der Waals surface area contributed by atoms with Gasteiger partial charge in [-0.05, 0) is 48.7 Å². The SMILES string of the molecule is COc1ccc(C(=O)NCc2ccc(S(=O)(=O)N3CCCCC3)cc2)cc1S(=O)(=O)N1CCOCC1. The van der Waals surface area contributed by atoms with Crippen molar-refractivity contribution in [2.75, 3.05) is 46.5 Å². The van der Waals surface area contributed by atoms with E-state index in [9.17, 15) is 21.6 Å². The van der Waals surface area contributed by atoms with Gasteiger partial charge in [-0.2, -0.15) is 8.61 Å². The van der Waals surface area contributed by atoms with Crippen molar-refractivity contribution < 1.29 is 31.1 Å². The fourth-order valence-corrected chi connectivity index (χ4v) is 7.37. The molecule has 0 radical (unpaired) electrons. The van der Waals surface area contributed by atoms with E-state index in [1.54, 1.807) is 24.3 Å². The third-order valence-electron chi connectivity index (χ3n) is 6.34. The minimum Gasteiger partial charge on any atom is -0.495 e. The van der Waals surface area contributed by atoms with Crippen molar-refractivity contribution in [2.45, 2.75) is 35.6 Å². The first kappa shape index (κ1) is 26.6. The van der Waals surface area contributed by atoms with E-state index in [1.807, 2.05) is 0 Å². The maximum Gasteiger partial charge on any atom is 0.251 e. The van der Waals surface area contributed by atoms with Crippen molar-refractivity contribution in [3.63, 3.8) is 0 Å². The summed E-state index contributed by atoms with van der Waals surface area (Å²) < 4.78 is 65.3. The molecule has 0 spiro atoms. The summed E-state index contributed by atoms with van der Waals surface area (Å²) in [4.78, 5) is 13.0.